The Morgan fingerprint density at radius 2 is 2.00 bits per heavy atom. The van der Waals surface area contributed by atoms with E-state index in [1.807, 2.05) is 0 Å². The fraction of sp³-hybridized carbons (Fsp3) is 0.150. The van der Waals surface area contributed by atoms with Crippen LogP contribution in [-0.4, -0.2) is 18.0 Å². The molecule has 2 amide bonds. The summed E-state index contributed by atoms with van der Waals surface area (Å²) in [5.41, 5.74) is 8.75. The molecule has 27 heavy (non-hydrogen) atoms. The van der Waals surface area contributed by atoms with E-state index in [9.17, 15) is 14.0 Å². The third kappa shape index (κ3) is 3.87. The maximum Gasteiger partial charge on any atom is 0.253 e. The first-order valence-corrected chi connectivity index (χ1v) is 8.36. The first-order valence-electron chi connectivity index (χ1n) is 8.36. The summed E-state index contributed by atoms with van der Waals surface area (Å²) >= 11 is 0. The Hall–Kier alpha value is -3.48. The second kappa shape index (κ2) is 7.41. The minimum Gasteiger partial charge on any atom is -0.398 e. The first-order chi connectivity index (χ1) is 12.9. The van der Waals surface area contributed by atoms with E-state index >= 15 is 0 Å². The number of allylic oxidation sites excluding steroid dienone is 1. The summed E-state index contributed by atoms with van der Waals surface area (Å²) in [7, 11) is 0. The topological polar surface area (TPSA) is 108 Å². The smallest absolute Gasteiger partial charge is 0.253 e. The molecular weight excluding hydrogens is 347 g/mol. The van der Waals surface area contributed by atoms with Crippen molar-refractivity contribution in [2.75, 3.05) is 11.1 Å². The zero-order chi connectivity index (χ0) is 19.6. The van der Waals surface area contributed by atoms with Crippen LogP contribution >= 0.6 is 0 Å². The van der Waals surface area contributed by atoms with Crippen LogP contribution in [0.15, 0.2) is 53.7 Å². The van der Waals surface area contributed by atoms with Crippen LogP contribution in [0.1, 0.15) is 30.4 Å². The van der Waals surface area contributed by atoms with Crippen LogP contribution < -0.4 is 16.4 Å². The SMILES string of the molecule is CC1=C(C(=O)Nc2ccc(N)c(C=N)c2)C(c2ccc(F)cc2)CC(=O)N1. The second-order valence-electron chi connectivity index (χ2n) is 6.34. The van der Waals surface area contributed by atoms with Gasteiger partial charge in [0.05, 0.1) is 0 Å². The zero-order valence-corrected chi connectivity index (χ0v) is 14.7. The van der Waals surface area contributed by atoms with Crippen LogP contribution in [0.4, 0.5) is 15.8 Å². The van der Waals surface area contributed by atoms with E-state index in [4.69, 9.17) is 11.1 Å². The lowest BCUT2D eigenvalue weighted by molar-refractivity contribution is -0.121. The van der Waals surface area contributed by atoms with Gasteiger partial charge in [-0.15, -0.1) is 0 Å². The zero-order valence-electron chi connectivity index (χ0n) is 14.7. The molecule has 3 rings (SSSR count). The average Bonchev–Trinajstić information content (AvgIpc) is 2.63. The molecule has 1 atom stereocenters. The molecule has 0 radical (unpaired) electrons. The van der Waals surface area contributed by atoms with Gasteiger partial charge in [-0.05, 0) is 42.8 Å². The van der Waals surface area contributed by atoms with Gasteiger partial charge in [0.2, 0.25) is 5.91 Å². The van der Waals surface area contributed by atoms with E-state index in [2.05, 4.69) is 10.6 Å². The molecule has 6 nitrogen and oxygen atoms in total. The highest BCUT2D eigenvalue weighted by molar-refractivity contribution is 6.07. The number of rotatable bonds is 4. The highest BCUT2D eigenvalue weighted by atomic mass is 19.1. The molecule has 0 spiro atoms. The first kappa shape index (κ1) is 18.3. The summed E-state index contributed by atoms with van der Waals surface area (Å²) in [6, 6.07) is 10.6. The summed E-state index contributed by atoms with van der Waals surface area (Å²) in [5.74, 6) is -1.43. The number of hydrogen-bond donors (Lipinski definition) is 4. The maximum absolute atomic E-state index is 13.3. The monoisotopic (exact) mass is 366 g/mol. The Morgan fingerprint density at radius 3 is 2.67 bits per heavy atom. The molecule has 0 aromatic heterocycles. The predicted octanol–water partition coefficient (Wildman–Crippen LogP) is 2.92. The number of nitrogens with one attached hydrogen (secondary N) is 3. The molecule has 2 aromatic carbocycles. The number of anilines is 2. The van der Waals surface area contributed by atoms with Crippen LogP contribution in [0, 0.1) is 11.2 Å². The van der Waals surface area contributed by atoms with Gasteiger partial charge in [-0.1, -0.05) is 12.1 Å². The van der Waals surface area contributed by atoms with Gasteiger partial charge in [0.1, 0.15) is 5.82 Å². The van der Waals surface area contributed by atoms with Crippen molar-refractivity contribution in [1.29, 1.82) is 5.41 Å². The largest absolute Gasteiger partial charge is 0.398 e. The lowest BCUT2D eigenvalue weighted by Crippen LogP contribution is -2.35. The van der Waals surface area contributed by atoms with Crippen molar-refractivity contribution in [1.82, 2.24) is 5.32 Å². The van der Waals surface area contributed by atoms with Gasteiger partial charge in [0.25, 0.3) is 5.91 Å². The molecule has 0 saturated carbocycles. The Balaban J connectivity index is 1.94. The number of benzene rings is 2. The van der Waals surface area contributed by atoms with E-state index in [1.54, 1.807) is 37.3 Å². The van der Waals surface area contributed by atoms with Gasteiger partial charge >= 0.3 is 0 Å². The van der Waals surface area contributed by atoms with Crippen LogP contribution in [0.5, 0.6) is 0 Å². The predicted molar refractivity (Wildman–Crippen MR) is 102 cm³/mol. The molecule has 1 heterocycles. The number of carbonyl (C=O) groups excluding carboxylic acids is 2. The van der Waals surface area contributed by atoms with Crippen molar-refractivity contribution in [3.05, 3.63) is 70.7 Å². The van der Waals surface area contributed by atoms with Crippen molar-refractivity contribution < 1.29 is 14.0 Å². The number of amides is 2. The number of nitrogen functional groups attached to an aromatic ring is 1. The molecule has 7 heteroatoms. The van der Waals surface area contributed by atoms with Gasteiger partial charge < -0.3 is 21.8 Å². The van der Waals surface area contributed by atoms with Gasteiger partial charge in [0, 0.05) is 46.8 Å². The second-order valence-corrected chi connectivity index (χ2v) is 6.34. The van der Waals surface area contributed by atoms with Crippen molar-refractivity contribution in [3.63, 3.8) is 0 Å². The van der Waals surface area contributed by atoms with Crippen LogP contribution in [-0.2, 0) is 9.59 Å². The summed E-state index contributed by atoms with van der Waals surface area (Å²) in [4.78, 5) is 24.9. The van der Waals surface area contributed by atoms with Crippen molar-refractivity contribution >= 4 is 29.4 Å². The number of halogens is 1. The van der Waals surface area contributed by atoms with Gasteiger partial charge in [-0.2, -0.15) is 0 Å². The molecule has 1 aliphatic rings. The van der Waals surface area contributed by atoms with Crippen LogP contribution in [0.25, 0.3) is 0 Å². The lowest BCUT2D eigenvalue weighted by Gasteiger charge is -2.27. The van der Waals surface area contributed by atoms with Crippen molar-refractivity contribution in [3.8, 4) is 0 Å². The van der Waals surface area contributed by atoms with Gasteiger partial charge in [-0.3, -0.25) is 9.59 Å². The van der Waals surface area contributed by atoms with E-state index in [-0.39, 0.29) is 24.1 Å². The molecule has 5 N–H and O–H groups in total. The molecule has 1 aliphatic heterocycles. The normalized spacial score (nSPS) is 16.7. The molecule has 1 unspecified atom stereocenters. The average molecular weight is 366 g/mol. The highest BCUT2D eigenvalue weighted by Gasteiger charge is 2.31. The molecule has 2 aromatic rings. The fourth-order valence-electron chi connectivity index (χ4n) is 3.16. The summed E-state index contributed by atoms with van der Waals surface area (Å²) < 4.78 is 13.3. The molecule has 138 valence electrons. The number of hydrogen-bond acceptors (Lipinski definition) is 4. The van der Waals surface area contributed by atoms with Crippen LogP contribution in [0.2, 0.25) is 0 Å². The van der Waals surface area contributed by atoms with Crippen LogP contribution in [0.3, 0.4) is 0 Å². The van der Waals surface area contributed by atoms with Gasteiger partial charge in [0.15, 0.2) is 0 Å². The van der Waals surface area contributed by atoms with E-state index in [0.29, 0.717) is 33.8 Å². The quantitative estimate of drug-likeness (QED) is 0.493. The van der Waals surface area contributed by atoms with Crippen molar-refractivity contribution in [2.24, 2.45) is 0 Å². The lowest BCUT2D eigenvalue weighted by atomic mass is 9.84. The minimum atomic E-state index is -0.477. The standard InChI is InChI=1S/C20H19FN4O2/c1-11-19(20(27)25-15-6-7-17(23)13(8-15)10-22)16(9-18(26)24-11)12-2-4-14(21)5-3-12/h2-8,10,16,22H,9,23H2,1H3,(H,24,26)(H,25,27). The van der Waals surface area contributed by atoms with E-state index < -0.39 is 5.92 Å². The summed E-state index contributed by atoms with van der Waals surface area (Å²) in [5, 5.41) is 12.8. The Bertz CT molecular complexity index is 951. The van der Waals surface area contributed by atoms with E-state index in [1.165, 1.54) is 12.1 Å². The maximum atomic E-state index is 13.3. The Kier molecular flexibility index (Phi) is 5.03. The number of nitrogens with two attached hydrogens (primary N) is 1. The third-order valence-electron chi connectivity index (χ3n) is 4.49. The van der Waals surface area contributed by atoms with Gasteiger partial charge in [-0.25, -0.2) is 4.39 Å². The summed E-state index contributed by atoms with van der Waals surface area (Å²) in [6.07, 6.45) is 1.21. The molecule has 0 bridgehead atoms. The molecular formula is C20H19FN4O2. The van der Waals surface area contributed by atoms with Crippen molar-refractivity contribution in [2.45, 2.75) is 19.3 Å². The third-order valence-corrected chi connectivity index (χ3v) is 4.49. The molecule has 0 aliphatic carbocycles. The molecule has 0 fully saturated rings. The minimum absolute atomic E-state index is 0.0964. The van der Waals surface area contributed by atoms with E-state index in [0.717, 1.165) is 6.21 Å². The highest BCUT2D eigenvalue weighted by Crippen LogP contribution is 2.33. The summed E-state index contributed by atoms with van der Waals surface area (Å²) in [6.45, 7) is 1.66. The fourth-order valence-corrected chi connectivity index (χ4v) is 3.16. The molecule has 0 saturated heterocycles. The number of carbonyl (C=O) groups is 2. The Labute approximate surface area is 155 Å². The Morgan fingerprint density at radius 1 is 1.30 bits per heavy atom.